The molecule has 1 aromatic heterocycles. The van der Waals surface area contributed by atoms with Crippen molar-refractivity contribution in [3.63, 3.8) is 0 Å². The molecule has 0 amide bonds. The number of fused-ring (bicyclic) bond motifs is 1. The van der Waals surface area contributed by atoms with E-state index < -0.39 is 5.97 Å². The molecule has 0 saturated carbocycles. The minimum Gasteiger partial charge on any atom is -0.466 e. The van der Waals surface area contributed by atoms with Crippen molar-refractivity contribution in [1.82, 2.24) is 4.57 Å². The van der Waals surface area contributed by atoms with E-state index in [1.54, 1.807) is 10.6 Å². The molecule has 0 aliphatic heterocycles. The highest BCUT2D eigenvalue weighted by atomic mass is 16.5. The van der Waals surface area contributed by atoms with Crippen LogP contribution in [0.3, 0.4) is 0 Å². The Labute approximate surface area is 104 Å². The number of aromatic nitrogens is 1. The normalized spacial score (nSPS) is 11.0. The van der Waals surface area contributed by atoms with Crippen LogP contribution >= 0.6 is 0 Å². The number of aryl methyl sites for hydroxylation is 1. The summed E-state index contributed by atoms with van der Waals surface area (Å²) in [6.07, 6.45) is 3.71. The Bertz CT molecular complexity index is 638. The number of nitrogens with zero attached hydrogens (tertiary/aromatic N) is 1. The largest absolute Gasteiger partial charge is 0.466 e. The van der Waals surface area contributed by atoms with Crippen LogP contribution in [0.25, 0.3) is 17.0 Å². The summed E-state index contributed by atoms with van der Waals surface area (Å²) in [5.74, 6) is -0.445. The molecule has 1 heterocycles. The van der Waals surface area contributed by atoms with Crippen molar-refractivity contribution >= 4 is 29.2 Å². The van der Waals surface area contributed by atoms with Crippen LogP contribution in [0.5, 0.6) is 0 Å². The lowest BCUT2D eigenvalue weighted by atomic mass is 10.1. The van der Waals surface area contributed by atoms with E-state index >= 15 is 0 Å². The third kappa shape index (κ3) is 1.93. The van der Waals surface area contributed by atoms with Gasteiger partial charge in [-0.3, -0.25) is 4.79 Å². The summed E-state index contributed by atoms with van der Waals surface area (Å²) in [5.41, 5.74) is 2.22. The summed E-state index contributed by atoms with van der Waals surface area (Å²) in [5, 5.41) is 0.933. The molecule has 2 aromatic rings. The number of esters is 1. The van der Waals surface area contributed by atoms with Gasteiger partial charge < -0.3 is 9.30 Å². The van der Waals surface area contributed by atoms with Crippen molar-refractivity contribution < 1.29 is 14.3 Å². The molecule has 0 unspecified atom stereocenters. The van der Waals surface area contributed by atoms with Crippen LogP contribution in [0.2, 0.25) is 0 Å². The van der Waals surface area contributed by atoms with E-state index in [1.807, 2.05) is 31.3 Å². The fourth-order valence-electron chi connectivity index (χ4n) is 1.98. The highest BCUT2D eigenvalue weighted by Crippen LogP contribution is 2.25. The van der Waals surface area contributed by atoms with Gasteiger partial charge in [-0.2, -0.15) is 0 Å². The first kappa shape index (κ1) is 12.1. The molecule has 18 heavy (non-hydrogen) atoms. The maximum absolute atomic E-state index is 11.2. The van der Waals surface area contributed by atoms with Gasteiger partial charge in [0.2, 0.25) is 0 Å². The smallest absolute Gasteiger partial charge is 0.330 e. The van der Waals surface area contributed by atoms with Crippen molar-refractivity contribution in [2.24, 2.45) is 7.05 Å². The van der Waals surface area contributed by atoms with Crippen LogP contribution < -0.4 is 0 Å². The summed E-state index contributed by atoms with van der Waals surface area (Å²) >= 11 is 0. The molecule has 0 spiro atoms. The van der Waals surface area contributed by atoms with Gasteiger partial charge >= 0.3 is 5.97 Å². The number of methoxy groups -OCH3 is 1. The molecular formula is C14H13NO3. The van der Waals surface area contributed by atoms with Crippen LogP contribution in [0.15, 0.2) is 30.3 Å². The van der Waals surface area contributed by atoms with Crippen LogP contribution in [0, 0.1) is 0 Å². The molecule has 1 aromatic carbocycles. The van der Waals surface area contributed by atoms with Crippen molar-refractivity contribution in [1.29, 1.82) is 0 Å². The van der Waals surface area contributed by atoms with Crippen LogP contribution in [0.4, 0.5) is 0 Å². The predicted octanol–water partition coefficient (Wildman–Crippen LogP) is 2.18. The lowest BCUT2D eigenvalue weighted by molar-refractivity contribution is -0.134. The third-order valence-electron chi connectivity index (χ3n) is 2.89. The van der Waals surface area contributed by atoms with Crippen LogP contribution in [0.1, 0.15) is 16.1 Å². The van der Waals surface area contributed by atoms with E-state index in [-0.39, 0.29) is 0 Å². The van der Waals surface area contributed by atoms with Gasteiger partial charge in [0.1, 0.15) is 0 Å². The monoisotopic (exact) mass is 243 g/mol. The Hall–Kier alpha value is -2.36. The molecule has 0 bridgehead atoms. The van der Waals surface area contributed by atoms with Crippen LogP contribution in [-0.4, -0.2) is 23.9 Å². The zero-order chi connectivity index (χ0) is 13.1. The number of rotatable bonds is 3. The molecule has 0 fully saturated rings. The van der Waals surface area contributed by atoms with E-state index in [9.17, 15) is 9.59 Å². The minimum absolute atomic E-state index is 0.445. The zero-order valence-electron chi connectivity index (χ0n) is 10.2. The van der Waals surface area contributed by atoms with E-state index in [2.05, 4.69) is 4.74 Å². The summed E-state index contributed by atoms with van der Waals surface area (Å²) in [4.78, 5) is 22.3. The van der Waals surface area contributed by atoms with Gasteiger partial charge in [0.25, 0.3) is 0 Å². The average Bonchev–Trinajstić information content (AvgIpc) is 2.69. The Kier molecular flexibility index (Phi) is 3.28. The molecule has 92 valence electrons. The van der Waals surface area contributed by atoms with E-state index in [1.165, 1.54) is 13.2 Å². The van der Waals surface area contributed by atoms with Gasteiger partial charge in [0, 0.05) is 29.6 Å². The lowest BCUT2D eigenvalue weighted by Crippen LogP contribution is -1.96. The number of hydrogen-bond donors (Lipinski definition) is 0. The summed E-state index contributed by atoms with van der Waals surface area (Å²) in [6, 6.07) is 7.65. The minimum atomic E-state index is -0.445. The summed E-state index contributed by atoms with van der Waals surface area (Å²) in [6.45, 7) is 0. The molecule has 0 radical (unpaired) electrons. The van der Waals surface area contributed by atoms with E-state index in [0.29, 0.717) is 5.69 Å². The number of aldehydes is 1. The quantitative estimate of drug-likeness (QED) is 0.471. The number of hydrogen-bond acceptors (Lipinski definition) is 3. The molecule has 2 rings (SSSR count). The number of benzene rings is 1. The molecular weight excluding hydrogens is 230 g/mol. The van der Waals surface area contributed by atoms with Gasteiger partial charge in [-0.05, 0) is 12.1 Å². The Morgan fingerprint density at radius 2 is 2.06 bits per heavy atom. The first-order valence-electron chi connectivity index (χ1n) is 5.47. The second-order valence-electron chi connectivity index (χ2n) is 3.85. The van der Waals surface area contributed by atoms with Gasteiger partial charge in [-0.25, -0.2) is 4.79 Å². The number of carbonyl (C=O) groups excluding carboxylic acids is 2. The predicted molar refractivity (Wildman–Crippen MR) is 69.4 cm³/mol. The fourth-order valence-corrected chi connectivity index (χ4v) is 1.98. The molecule has 0 saturated heterocycles. The SMILES string of the molecule is COC(=O)/C=C/c1c(C=O)n(C)c2ccccc12. The number of para-hydroxylation sites is 1. The van der Waals surface area contributed by atoms with E-state index in [0.717, 1.165) is 22.8 Å². The maximum Gasteiger partial charge on any atom is 0.330 e. The average molecular weight is 243 g/mol. The Morgan fingerprint density at radius 3 is 2.72 bits per heavy atom. The highest BCUT2D eigenvalue weighted by Gasteiger charge is 2.11. The first-order chi connectivity index (χ1) is 8.69. The molecule has 4 nitrogen and oxygen atoms in total. The standard InChI is InChI=1S/C14H13NO3/c1-15-12-6-4-3-5-10(12)11(13(15)9-16)7-8-14(17)18-2/h3-9H,1-2H3/b8-7+. The summed E-state index contributed by atoms with van der Waals surface area (Å²) in [7, 11) is 3.14. The van der Waals surface area contributed by atoms with Crippen molar-refractivity contribution in [2.45, 2.75) is 0 Å². The fraction of sp³-hybridized carbons (Fsp3) is 0.143. The highest BCUT2D eigenvalue weighted by molar-refractivity contribution is 6.00. The second kappa shape index (κ2) is 4.87. The molecule has 0 aliphatic rings. The van der Waals surface area contributed by atoms with Crippen molar-refractivity contribution in [2.75, 3.05) is 7.11 Å². The Morgan fingerprint density at radius 1 is 1.33 bits per heavy atom. The topological polar surface area (TPSA) is 48.3 Å². The number of carbonyl (C=O) groups is 2. The maximum atomic E-state index is 11.2. The third-order valence-corrected chi connectivity index (χ3v) is 2.89. The summed E-state index contributed by atoms with van der Waals surface area (Å²) < 4.78 is 6.35. The van der Waals surface area contributed by atoms with Gasteiger partial charge in [0.15, 0.2) is 6.29 Å². The Balaban J connectivity index is 2.64. The van der Waals surface area contributed by atoms with Gasteiger partial charge in [-0.15, -0.1) is 0 Å². The first-order valence-corrected chi connectivity index (χ1v) is 5.47. The van der Waals surface area contributed by atoms with Crippen molar-refractivity contribution in [3.05, 3.63) is 41.6 Å². The van der Waals surface area contributed by atoms with Crippen molar-refractivity contribution in [3.8, 4) is 0 Å². The van der Waals surface area contributed by atoms with Gasteiger partial charge in [-0.1, -0.05) is 18.2 Å². The molecule has 0 atom stereocenters. The lowest BCUT2D eigenvalue weighted by Gasteiger charge is -1.96. The zero-order valence-corrected chi connectivity index (χ0v) is 10.2. The molecule has 0 N–H and O–H groups in total. The molecule has 0 aliphatic carbocycles. The van der Waals surface area contributed by atoms with Gasteiger partial charge in [0.05, 0.1) is 12.8 Å². The molecule has 4 heteroatoms. The van der Waals surface area contributed by atoms with Crippen LogP contribution in [-0.2, 0) is 16.6 Å². The number of ether oxygens (including phenoxy) is 1. The second-order valence-corrected chi connectivity index (χ2v) is 3.85. The van der Waals surface area contributed by atoms with E-state index in [4.69, 9.17) is 0 Å².